The zero-order valence-electron chi connectivity index (χ0n) is 18.3. The maximum Gasteiger partial charge on any atom is 0.410 e. The van der Waals surface area contributed by atoms with Crippen LogP contribution in [-0.4, -0.2) is 91.5 Å². The van der Waals surface area contributed by atoms with Crippen molar-refractivity contribution in [2.24, 2.45) is 5.92 Å². The van der Waals surface area contributed by atoms with Crippen molar-refractivity contribution in [2.45, 2.75) is 70.9 Å². The topological polar surface area (TPSA) is 45.3 Å². The van der Waals surface area contributed by atoms with E-state index in [-0.39, 0.29) is 6.09 Å². The van der Waals surface area contributed by atoms with Gasteiger partial charge in [-0.25, -0.2) is 4.79 Å². The second-order valence-electron chi connectivity index (χ2n) is 9.85. The predicted molar refractivity (Wildman–Crippen MR) is 112 cm³/mol. The molecule has 3 aliphatic rings. The highest BCUT2D eigenvalue weighted by Crippen LogP contribution is 2.26. The van der Waals surface area contributed by atoms with Crippen LogP contribution < -0.4 is 0 Å². The molecule has 0 radical (unpaired) electrons. The van der Waals surface area contributed by atoms with Crippen LogP contribution in [0, 0.1) is 5.92 Å². The molecule has 3 saturated heterocycles. The number of piperazine rings is 1. The monoisotopic (exact) mass is 395 g/mol. The van der Waals surface area contributed by atoms with Gasteiger partial charge in [0.15, 0.2) is 0 Å². The Morgan fingerprint density at radius 1 is 1.00 bits per heavy atom. The molecule has 3 aliphatic heterocycles. The SMILES string of the molecule is CC(C)(C)OC(=O)N1CCN2CC(COCCCN3CCCCC3)CCC2C1. The van der Waals surface area contributed by atoms with Crippen LogP contribution >= 0.6 is 0 Å². The van der Waals surface area contributed by atoms with Crippen molar-refractivity contribution in [3.8, 4) is 0 Å². The Morgan fingerprint density at radius 2 is 1.79 bits per heavy atom. The molecule has 162 valence electrons. The van der Waals surface area contributed by atoms with E-state index in [1.807, 2.05) is 25.7 Å². The van der Waals surface area contributed by atoms with Gasteiger partial charge in [-0.2, -0.15) is 0 Å². The highest BCUT2D eigenvalue weighted by Gasteiger charge is 2.35. The van der Waals surface area contributed by atoms with Crippen molar-refractivity contribution < 1.29 is 14.3 Å². The zero-order chi connectivity index (χ0) is 20.0. The van der Waals surface area contributed by atoms with Gasteiger partial charge in [0, 0.05) is 45.4 Å². The lowest BCUT2D eigenvalue weighted by Crippen LogP contribution is -2.58. The first-order valence-electron chi connectivity index (χ1n) is 11.4. The molecule has 3 fully saturated rings. The van der Waals surface area contributed by atoms with Gasteiger partial charge in [0.1, 0.15) is 5.60 Å². The minimum atomic E-state index is -0.419. The second kappa shape index (κ2) is 10.3. The third-order valence-electron chi connectivity index (χ3n) is 6.22. The van der Waals surface area contributed by atoms with Gasteiger partial charge in [-0.1, -0.05) is 6.42 Å². The van der Waals surface area contributed by atoms with Gasteiger partial charge < -0.3 is 19.3 Å². The van der Waals surface area contributed by atoms with Crippen LogP contribution in [-0.2, 0) is 9.47 Å². The maximum atomic E-state index is 12.3. The molecule has 6 nitrogen and oxygen atoms in total. The Labute approximate surface area is 171 Å². The molecule has 0 aromatic carbocycles. The van der Waals surface area contributed by atoms with Gasteiger partial charge >= 0.3 is 6.09 Å². The third kappa shape index (κ3) is 6.89. The molecule has 0 aromatic heterocycles. The Kier molecular flexibility index (Phi) is 8.01. The van der Waals surface area contributed by atoms with Crippen molar-refractivity contribution >= 4 is 6.09 Å². The van der Waals surface area contributed by atoms with Crippen LogP contribution in [0.1, 0.15) is 59.3 Å². The molecule has 6 heteroatoms. The van der Waals surface area contributed by atoms with E-state index in [4.69, 9.17) is 9.47 Å². The summed E-state index contributed by atoms with van der Waals surface area (Å²) in [7, 11) is 0. The summed E-state index contributed by atoms with van der Waals surface area (Å²) < 4.78 is 11.6. The van der Waals surface area contributed by atoms with Gasteiger partial charge in [-0.15, -0.1) is 0 Å². The fraction of sp³-hybridized carbons (Fsp3) is 0.955. The molecule has 0 spiro atoms. The van der Waals surface area contributed by atoms with Gasteiger partial charge in [0.25, 0.3) is 0 Å². The van der Waals surface area contributed by atoms with Crippen molar-refractivity contribution in [1.29, 1.82) is 0 Å². The summed E-state index contributed by atoms with van der Waals surface area (Å²) in [6.07, 6.45) is 7.49. The van der Waals surface area contributed by atoms with Crippen molar-refractivity contribution in [2.75, 3.05) is 59.0 Å². The summed E-state index contributed by atoms with van der Waals surface area (Å²) >= 11 is 0. The molecule has 28 heavy (non-hydrogen) atoms. The van der Waals surface area contributed by atoms with Crippen molar-refractivity contribution in [3.05, 3.63) is 0 Å². The number of carbonyl (C=O) groups is 1. The highest BCUT2D eigenvalue weighted by molar-refractivity contribution is 5.68. The molecular formula is C22H41N3O3. The number of ether oxygens (including phenoxy) is 2. The lowest BCUT2D eigenvalue weighted by Gasteiger charge is -2.46. The van der Waals surface area contributed by atoms with E-state index in [1.54, 1.807) is 0 Å². The molecule has 0 aromatic rings. The van der Waals surface area contributed by atoms with Gasteiger partial charge in [0.2, 0.25) is 0 Å². The van der Waals surface area contributed by atoms with E-state index in [9.17, 15) is 4.79 Å². The zero-order valence-corrected chi connectivity index (χ0v) is 18.3. The van der Waals surface area contributed by atoms with Crippen LogP contribution in [0.15, 0.2) is 0 Å². The van der Waals surface area contributed by atoms with E-state index < -0.39 is 5.60 Å². The van der Waals surface area contributed by atoms with E-state index in [0.29, 0.717) is 12.0 Å². The summed E-state index contributed by atoms with van der Waals surface area (Å²) in [6.45, 7) is 15.0. The lowest BCUT2D eigenvalue weighted by atomic mass is 9.91. The highest BCUT2D eigenvalue weighted by atomic mass is 16.6. The molecule has 3 rings (SSSR count). The predicted octanol–water partition coefficient (Wildman–Crippen LogP) is 3.21. The van der Waals surface area contributed by atoms with Crippen LogP contribution in [0.4, 0.5) is 4.79 Å². The number of likely N-dealkylation sites (tertiary alicyclic amines) is 1. The summed E-state index contributed by atoms with van der Waals surface area (Å²) in [4.78, 5) is 19.4. The fourth-order valence-electron chi connectivity index (χ4n) is 4.71. The van der Waals surface area contributed by atoms with Crippen LogP contribution in [0.5, 0.6) is 0 Å². The normalized spacial score (nSPS) is 27.5. The fourth-order valence-corrected chi connectivity index (χ4v) is 4.71. The first kappa shape index (κ1) is 21.8. The molecule has 2 unspecified atom stereocenters. The molecule has 0 N–H and O–H groups in total. The van der Waals surface area contributed by atoms with E-state index in [2.05, 4.69) is 9.80 Å². The molecule has 0 saturated carbocycles. The van der Waals surface area contributed by atoms with Gasteiger partial charge in [0.05, 0.1) is 6.61 Å². The first-order chi connectivity index (χ1) is 13.4. The smallest absolute Gasteiger partial charge is 0.410 e. The van der Waals surface area contributed by atoms with E-state index in [0.717, 1.165) is 52.2 Å². The Balaban J connectivity index is 1.30. The number of hydrogen-bond donors (Lipinski definition) is 0. The maximum absolute atomic E-state index is 12.3. The Morgan fingerprint density at radius 3 is 2.54 bits per heavy atom. The van der Waals surface area contributed by atoms with Crippen LogP contribution in [0.2, 0.25) is 0 Å². The first-order valence-corrected chi connectivity index (χ1v) is 11.4. The molecule has 3 heterocycles. The number of piperidine rings is 2. The number of nitrogens with zero attached hydrogens (tertiary/aromatic N) is 3. The van der Waals surface area contributed by atoms with Gasteiger partial charge in [-0.3, -0.25) is 4.90 Å². The van der Waals surface area contributed by atoms with E-state index in [1.165, 1.54) is 45.3 Å². The van der Waals surface area contributed by atoms with Crippen LogP contribution in [0.25, 0.3) is 0 Å². The molecule has 2 atom stereocenters. The largest absolute Gasteiger partial charge is 0.444 e. The number of rotatable bonds is 6. The average Bonchev–Trinajstić information content (AvgIpc) is 2.66. The molecule has 0 bridgehead atoms. The Hall–Kier alpha value is -0.850. The second-order valence-corrected chi connectivity index (χ2v) is 9.85. The summed E-state index contributed by atoms with van der Waals surface area (Å²) in [5.74, 6) is 0.638. The summed E-state index contributed by atoms with van der Waals surface area (Å²) in [6, 6.07) is 0.483. The van der Waals surface area contributed by atoms with Crippen molar-refractivity contribution in [3.63, 3.8) is 0 Å². The summed E-state index contributed by atoms with van der Waals surface area (Å²) in [5, 5.41) is 0. The average molecular weight is 396 g/mol. The standard InChI is InChI=1S/C22H41N3O3/c1-22(2,3)28-21(26)25-14-13-24-16-19(8-9-20(24)17-25)18-27-15-7-12-23-10-5-4-6-11-23/h19-20H,4-18H2,1-3H3. The minimum absolute atomic E-state index is 0.161. The van der Waals surface area contributed by atoms with Crippen LogP contribution in [0.3, 0.4) is 0 Å². The number of carbonyl (C=O) groups excluding carboxylic acids is 1. The molecular weight excluding hydrogens is 354 g/mol. The lowest BCUT2D eigenvalue weighted by molar-refractivity contribution is -0.0194. The number of hydrogen-bond acceptors (Lipinski definition) is 5. The van der Waals surface area contributed by atoms with Gasteiger partial charge in [-0.05, 0) is 71.9 Å². The number of fused-ring (bicyclic) bond motifs is 1. The molecule has 0 aliphatic carbocycles. The Bertz CT molecular complexity index is 488. The quantitative estimate of drug-likeness (QED) is 0.646. The van der Waals surface area contributed by atoms with Crippen molar-refractivity contribution in [1.82, 2.24) is 14.7 Å². The molecule has 1 amide bonds. The number of amides is 1. The summed E-state index contributed by atoms with van der Waals surface area (Å²) in [5.41, 5.74) is -0.419. The third-order valence-corrected chi connectivity index (χ3v) is 6.22. The van der Waals surface area contributed by atoms with E-state index >= 15 is 0 Å². The minimum Gasteiger partial charge on any atom is -0.444 e.